The fourth-order valence-corrected chi connectivity index (χ4v) is 4.99. The summed E-state index contributed by atoms with van der Waals surface area (Å²) in [5.74, 6) is 1.72. The van der Waals surface area contributed by atoms with Gasteiger partial charge in [0.05, 0.1) is 18.6 Å². The minimum atomic E-state index is -2.88. The van der Waals surface area contributed by atoms with Crippen molar-refractivity contribution in [3.63, 3.8) is 0 Å². The molecular weight excluding hydrogens is 294 g/mol. The van der Waals surface area contributed by atoms with E-state index >= 15 is 0 Å². The third kappa shape index (κ3) is 2.95. The largest absolute Gasteiger partial charge is 0.467 e. The van der Waals surface area contributed by atoms with Gasteiger partial charge in [0.2, 0.25) is 0 Å². The summed E-state index contributed by atoms with van der Waals surface area (Å²) < 4.78 is 29.5. The normalized spacial score (nSPS) is 27.3. The predicted molar refractivity (Wildman–Crippen MR) is 74.5 cm³/mol. The lowest BCUT2D eigenvalue weighted by Gasteiger charge is -2.20. The van der Waals surface area contributed by atoms with E-state index in [0.717, 1.165) is 18.7 Å². The molecule has 7 nitrogen and oxygen atoms in total. The molecule has 21 heavy (non-hydrogen) atoms. The van der Waals surface area contributed by atoms with Gasteiger partial charge < -0.3 is 4.74 Å². The van der Waals surface area contributed by atoms with Crippen LogP contribution in [0.5, 0.6) is 0 Å². The van der Waals surface area contributed by atoms with Crippen LogP contribution >= 0.6 is 0 Å². The van der Waals surface area contributed by atoms with Gasteiger partial charge in [0.15, 0.2) is 21.7 Å². The fraction of sp³-hybridized carbons (Fsp3) is 0.769. The molecule has 3 rings (SSSR count). The highest BCUT2D eigenvalue weighted by Gasteiger charge is 2.32. The number of fused-ring (bicyclic) bond motifs is 1. The number of esters is 1. The third-order valence-corrected chi connectivity index (χ3v) is 6.03. The van der Waals surface area contributed by atoms with Crippen molar-refractivity contribution in [1.29, 1.82) is 0 Å². The second kappa shape index (κ2) is 5.40. The maximum absolute atomic E-state index is 11.8. The number of hydrogen-bond acceptors (Lipinski definition) is 6. The molecule has 1 saturated heterocycles. The number of sulfone groups is 1. The number of carbonyl (C=O) groups is 1. The summed E-state index contributed by atoms with van der Waals surface area (Å²) in [5, 5.41) is 4.42. The van der Waals surface area contributed by atoms with E-state index in [1.54, 1.807) is 4.68 Å². The molecule has 0 amide bonds. The van der Waals surface area contributed by atoms with Crippen LogP contribution in [-0.2, 0) is 32.2 Å². The van der Waals surface area contributed by atoms with Crippen molar-refractivity contribution in [3.05, 3.63) is 11.6 Å². The van der Waals surface area contributed by atoms with Crippen LogP contribution in [-0.4, -0.2) is 47.8 Å². The molecule has 0 aromatic carbocycles. The predicted octanol–water partition coefficient (Wildman–Crippen LogP) is 0.306. The van der Waals surface area contributed by atoms with E-state index in [0.29, 0.717) is 25.1 Å². The van der Waals surface area contributed by atoms with Gasteiger partial charge in [-0.1, -0.05) is 0 Å². The van der Waals surface area contributed by atoms with Crippen LogP contribution in [0.2, 0.25) is 0 Å². The van der Waals surface area contributed by atoms with E-state index in [4.69, 9.17) is 4.74 Å². The molecule has 0 N–H and O–H groups in total. The molecule has 1 fully saturated rings. The molecule has 0 radical (unpaired) electrons. The molecule has 2 aliphatic heterocycles. The maximum Gasteiger partial charge on any atom is 0.330 e. The Balaban J connectivity index is 1.77. The molecule has 0 saturated carbocycles. The number of methoxy groups -OCH3 is 1. The summed E-state index contributed by atoms with van der Waals surface area (Å²) in [7, 11) is -1.51. The summed E-state index contributed by atoms with van der Waals surface area (Å²) in [6, 6.07) is -0.396. The average molecular weight is 313 g/mol. The molecule has 0 spiro atoms. The van der Waals surface area contributed by atoms with Crippen LogP contribution in [0.25, 0.3) is 0 Å². The fourth-order valence-electron chi connectivity index (χ4n) is 3.13. The number of carbonyl (C=O) groups excluding carboxylic acids is 1. The SMILES string of the molecule is COC(=O)C1CCCc2nc(CC3CCS(=O)(=O)C3)nn21. The van der Waals surface area contributed by atoms with Crippen LogP contribution in [0, 0.1) is 5.92 Å². The second-order valence-electron chi connectivity index (χ2n) is 5.79. The van der Waals surface area contributed by atoms with Crippen LogP contribution in [0.4, 0.5) is 0 Å². The average Bonchev–Trinajstić information content (AvgIpc) is 3.00. The van der Waals surface area contributed by atoms with E-state index in [9.17, 15) is 13.2 Å². The van der Waals surface area contributed by atoms with Crippen molar-refractivity contribution in [1.82, 2.24) is 14.8 Å². The number of rotatable bonds is 3. The highest BCUT2D eigenvalue weighted by atomic mass is 32.2. The highest BCUT2D eigenvalue weighted by molar-refractivity contribution is 7.91. The van der Waals surface area contributed by atoms with E-state index in [1.165, 1.54) is 7.11 Å². The van der Waals surface area contributed by atoms with E-state index in [2.05, 4.69) is 10.1 Å². The molecule has 2 atom stereocenters. The third-order valence-electron chi connectivity index (χ3n) is 4.19. The van der Waals surface area contributed by atoms with Crippen molar-refractivity contribution in [3.8, 4) is 0 Å². The second-order valence-corrected chi connectivity index (χ2v) is 8.02. The Labute approximate surface area is 123 Å². The van der Waals surface area contributed by atoms with Gasteiger partial charge in [-0.15, -0.1) is 0 Å². The zero-order valence-electron chi connectivity index (χ0n) is 12.0. The zero-order valence-corrected chi connectivity index (χ0v) is 12.8. The van der Waals surface area contributed by atoms with Crippen LogP contribution in [0.15, 0.2) is 0 Å². The van der Waals surface area contributed by atoms with Gasteiger partial charge in [0.25, 0.3) is 0 Å². The molecule has 1 aromatic rings. The minimum absolute atomic E-state index is 0.0935. The van der Waals surface area contributed by atoms with Gasteiger partial charge in [0, 0.05) is 12.8 Å². The van der Waals surface area contributed by atoms with E-state index in [1.807, 2.05) is 0 Å². The molecule has 8 heteroatoms. The number of ether oxygens (including phenoxy) is 1. The van der Waals surface area contributed by atoms with Crippen LogP contribution in [0.3, 0.4) is 0 Å². The Morgan fingerprint density at radius 1 is 1.43 bits per heavy atom. The number of aryl methyl sites for hydroxylation is 1. The van der Waals surface area contributed by atoms with E-state index < -0.39 is 15.9 Å². The van der Waals surface area contributed by atoms with Gasteiger partial charge in [0.1, 0.15) is 5.82 Å². The number of aromatic nitrogens is 3. The molecule has 3 heterocycles. The summed E-state index contributed by atoms with van der Waals surface area (Å²) >= 11 is 0. The van der Waals surface area contributed by atoms with Crippen molar-refractivity contribution < 1.29 is 17.9 Å². The summed E-state index contributed by atoms with van der Waals surface area (Å²) in [4.78, 5) is 16.3. The van der Waals surface area contributed by atoms with Crippen molar-refractivity contribution in [2.75, 3.05) is 18.6 Å². The monoisotopic (exact) mass is 313 g/mol. The highest BCUT2D eigenvalue weighted by Crippen LogP contribution is 2.26. The minimum Gasteiger partial charge on any atom is -0.467 e. The first-order valence-electron chi connectivity index (χ1n) is 7.21. The zero-order chi connectivity index (χ0) is 15.0. The molecule has 2 unspecified atom stereocenters. The lowest BCUT2D eigenvalue weighted by atomic mass is 10.1. The smallest absolute Gasteiger partial charge is 0.330 e. The van der Waals surface area contributed by atoms with Crippen LogP contribution < -0.4 is 0 Å². The Morgan fingerprint density at radius 3 is 2.90 bits per heavy atom. The first-order chi connectivity index (χ1) is 9.98. The van der Waals surface area contributed by atoms with Crippen LogP contribution in [0.1, 0.15) is 37.0 Å². The Bertz CT molecular complexity index is 652. The molecular formula is C13H19N3O4S. The molecule has 1 aromatic heterocycles. The van der Waals surface area contributed by atoms with Crippen molar-refractivity contribution in [2.45, 2.75) is 38.1 Å². The maximum atomic E-state index is 11.8. The molecule has 0 bridgehead atoms. The Morgan fingerprint density at radius 2 is 2.24 bits per heavy atom. The lowest BCUT2D eigenvalue weighted by Crippen LogP contribution is -2.27. The lowest BCUT2D eigenvalue weighted by molar-refractivity contribution is -0.145. The van der Waals surface area contributed by atoms with Crippen molar-refractivity contribution in [2.24, 2.45) is 5.92 Å². The Hall–Kier alpha value is -1.44. The first kappa shape index (κ1) is 14.5. The van der Waals surface area contributed by atoms with Gasteiger partial charge in [-0.2, -0.15) is 5.10 Å². The van der Waals surface area contributed by atoms with Crippen molar-refractivity contribution >= 4 is 15.8 Å². The van der Waals surface area contributed by atoms with Gasteiger partial charge in [-0.05, 0) is 25.2 Å². The van der Waals surface area contributed by atoms with E-state index in [-0.39, 0.29) is 23.4 Å². The van der Waals surface area contributed by atoms with Gasteiger partial charge in [-0.3, -0.25) is 0 Å². The van der Waals surface area contributed by atoms with Gasteiger partial charge >= 0.3 is 5.97 Å². The number of nitrogens with zero attached hydrogens (tertiary/aromatic N) is 3. The van der Waals surface area contributed by atoms with Gasteiger partial charge in [-0.25, -0.2) is 22.9 Å². The first-order valence-corrected chi connectivity index (χ1v) is 9.03. The molecule has 2 aliphatic rings. The summed E-state index contributed by atoms with van der Waals surface area (Å²) in [6.07, 6.45) is 3.62. The number of hydrogen-bond donors (Lipinski definition) is 0. The summed E-state index contributed by atoms with van der Waals surface area (Å²) in [5.41, 5.74) is 0. The Kier molecular flexibility index (Phi) is 3.73. The topological polar surface area (TPSA) is 91.2 Å². The standard InChI is InChI=1S/C13H19N3O4S/c1-20-13(17)10-3-2-4-12-14-11(15-16(10)12)7-9-5-6-21(18,19)8-9/h9-10H,2-8H2,1H3. The molecule has 0 aliphatic carbocycles. The molecule has 116 valence electrons. The summed E-state index contributed by atoms with van der Waals surface area (Å²) in [6.45, 7) is 0. The quantitative estimate of drug-likeness (QED) is 0.746.